The maximum atomic E-state index is 11.9. The van der Waals surface area contributed by atoms with Crippen LogP contribution in [0.15, 0.2) is 61.0 Å². The Morgan fingerprint density at radius 2 is 1.88 bits per heavy atom. The Balaban J connectivity index is 1.66. The SMILES string of the molecule is O=c1onc(-c2ncccn2)n1Cc1nc(-c2cccc(Br)c2)no1. The van der Waals surface area contributed by atoms with Gasteiger partial charge in [-0.2, -0.15) is 4.98 Å². The van der Waals surface area contributed by atoms with Gasteiger partial charge < -0.3 is 4.52 Å². The van der Waals surface area contributed by atoms with E-state index in [1.165, 1.54) is 4.57 Å². The number of hydrogen-bond acceptors (Lipinski definition) is 8. The summed E-state index contributed by atoms with van der Waals surface area (Å²) in [5.41, 5.74) is 0.786. The minimum absolute atomic E-state index is 0.00305. The zero-order valence-electron chi connectivity index (χ0n) is 12.5. The van der Waals surface area contributed by atoms with Gasteiger partial charge >= 0.3 is 5.76 Å². The third kappa shape index (κ3) is 3.11. The molecule has 3 aromatic heterocycles. The van der Waals surface area contributed by atoms with Crippen molar-refractivity contribution < 1.29 is 9.05 Å². The van der Waals surface area contributed by atoms with Gasteiger partial charge in [0, 0.05) is 22.4 Å². The third-order valence-corrected chi connectivity index (χ3v) is 3.79. The Bertz CT molecular complexity index is 1070. The van der Waals surface area contributed by atoms with E-state index in [1.807, 2.05) is 24.3 Å². The van der Waals surface area contributed by atoms with Crippen molar-refractivity contribution in [1.82, 2.24) is 29.8 Å². The van der Waals surface area contributed by atoms with Crippen LogP contribution in [-0.4, -0.2) is 29.8 Å². The Kier molecular flexibility index (Phi) is 3.94. The summed E-state index contributed by atoms with van der Waals surface area (Å²) in [7, 11) is 0. The zero-order valence-corrected chi connectivity index (χ0v) is 14.1. The molecule has 0 saturated carbocycles. The molecule has 0 spiro atoms. The largest absolute Gasteiger partial charge is 0.442 e. The molecule has 0 bridgehead atoms. The highest BCUT2D eigenvalue weighted by Gasteiger charge is 2.18. The van der Waals surface area contributed by atoms with Crippen molar-refractivity contribution in [2.45, 2.75) is 6.54 Å². The van der Waals surface area contributed by atoms with Gasteiger partial charge in [0.2, 0.25) is 17.5 Å². The first kappa shape index (κ1) is 15.4. The van der Waals surface area contributed by atoms with Crippen molar-refractivity contribution in [3.8, 4) is 23.0 Å². The molecule has 9 nitrogen and oxygen atoms in total. The van der Waals surface area contributed by atoms with E-state index in [9.17, 15) is 4.79 Å². The average molecular weight is 401 g/mol. The Hall–Kier alpha value is -3.14. The van der Waals surface area contributed by atoms with Crippen LogP contribution in [0.3, 0.4) is 0 Å². The quantitative estimate of drug-likeness (QED) is 0.511. The second-order valence-electron chi connectivity index (χ2n) is 4.95. The monoisotopic (exact) mass is 400 g/mol. The lowest BCUT2D eigenvalue weighted by molar-refractivity contribution is 0.354. The van der Waals surface area contributed by atoms with E-state index in [1.54, 1.807) is 18.5 Å². The fourth-order valence-electron chi connectivity index (χ4n) is 2.18. The van der Waals surface area contributed by atoms with E-state index in [4.69, 9.17) is 9.05 Å². The number of benzene rings is 1. The standard InChI is InChI=1S/C15H9BrN6O3/c16-10-4-1-3-9(7-10)12-19-11(24-20-12)8-22-14(21-25-15(22)23)13-17-5-2-6-18-13/h1-7H,8H2. The van der Waals surface area contributed by atoms with Crippen molar-refractivity contribution in [1.29, 1.82) is 0 Å². The first-order valence-electron chi connectivity index (χ1n) is 7.13. The topological polar surface area (TPSA) is 113 Å². The van der Waals surface area contributed by atoms with Gasteiger partial charge in [0.25, 0.3) is 0 Å². The molecule has 4 aromatic rings. The molecule has 10 heteroatoms. The lowest BCUT2D eigenvalue weighted by atomic mass is 10.2. The van der Waals surface area contributed by atoms with Crippen LogP contribution in [-0.2, 0) is 6.54 Å². The van der Waals surface area contributed by atoms with E-state index < -0.39 is 5.76 Å². The number of rotatable bonds is 4. The molecular formula is C15H9BrN6O3. The van der Waals surface area contributed by atoms with Crippen molar-refractivity contribution >= 4 is 15.9 Å². The van der Waals surface area contributed by atoms with Gasteiger partial charge in [-0.3, -0.25) is 4.52 Å². The minimum atomic E-state index is -0.662. The van der Waals surface area contributed by atoms with Crippen LogP contribution in [0.1, 0.15) is 5.89 Å². The number of hydrogen-bond donors (Lipinski definition) is 0. The molecule has 25 heavy (non-hydrogen) atoms. The highest BCUT2D eigenvalue weighted by molar-refractivity contribution is 9.10. The molecule has 0 saturated heterocycles. The first-order valence-corrected chi connectivity index (χ1v) is 7.92. The summed E-state index contributed by atoms with van der Waals surface area (Å²) < 4.78 is 12.1. The second-order valence-corrected chi connectivity index (χ2v) is 5.87. The van der Waals surface area contributed by atoms with Crippen molar-refractivity contribution in [2.75, 3.05) is 0 Å². The van der Waals surface area contributed by atoms with E-state index in [0.717, 1.165) is 10.0 Å². The normalized spacial score (nSPS) is 10.9. The van der Waals surface area contributed by atoms with Crippen molar-refractivity contribution in [2.24, 2.45) is 0 Å². The molecule has 3 heterocycles. The Morgan fingerprint density at radius 1 is 1.04 bits per heavy atom. The number of nitrogens with zero attached hydrogens (tertiary/aromatic N) is 6. The summed E-state index contributed by atoms with van der Waals surface area (Å²) in [4.78, 5) is 24.3. The Labute approximate surface area is 148 Å². The van der Waals surface area contributed by atoms with Crippen molar-refractivity contribution in [3.05, 3.63) is 63.6 Å². The minimum Gasteiger partial charge on any atom is -0.337 e. The molecule has 0 aliphatic carbocycles. The molecule has 4 rings (SSSR count). The van der Waals surface area contributed by atoms with E-state index in [0.29, 0.717) is 5.82 Å². The predicted molar refractivity (Wildman–Crippen MR) is 88.3 cm³/mol. The van der Waals surface area contributed by atoms with Crippen LogP contribution in [0.2, 0.25) is 0 Å². The average Bonchev–Trinajstić information content (AvgIpc) is 3.24. The van der Waals surface area contributed by atoms with Gasteiger partial charge in [0.05, 0.1) is 0 Å². The molecule has 0 atom stereocenters. The van der Waals surface area contributed by atoms with Crippen LogP contribution < -0.4 is 5.76 Å². The highest BCUT2D eigenvalue weighted by Crippen LogP contribution is 2.20. The smallest absolute Gasteiger partial charge is 0.337 e. The van der Waals surface area contributed by atoms with Crippen LogP contribution in [0.4, 0.5) is 0 Å². The molecule has 0 radical (unpaired) electrons. The van der Waals surface area contributed by atoms with E-state index >= 15 is 0 Å². The molecule has 0 amide bonds. The lowest BCUT2D eigenvalue weighted by Gasteiger charge is -1.99. The molecule has 0 N–H and O–H groups in total. The maximum Gasteiger partial charge on any atom is 0.442 e. The lowest BCUT2D eigenvalue weighted by Crippen LogP contribution is -2.17. The van der Waals surface area contributed by atoms with Gasteiger partial charge in [0.15, 0.2) is 5.82 Å². The summed E-state index contributed by atoms with van der Waals surface area (Å²) in [6, 6.07) is 9.14. The van der Waals surface area contributed by atoms with Gasteiger partial charge in [0.1, 0.15) is 6.54 Å². The predicted octanol–water partition coefficient (Wildman–Crippen LogP) is 2.15. The Morgan fingerprint density at radius 3 is 2.68 bits per heavy atom. The van der Waals surface area contributed by atoms with Crippen LogP contribution in [0.5, 0.6) is 0 Å². The summed E-state index contributed by atoms with van der Waals surface area (Å²) in [6.07, 6.45) is 3.09. The molecule has 0 fully saturated rings. The van der Waals surface area contributed by atoms with E-state index in [2.05, 4.69) is 41.2 Å². The molecule has 1 aromatic carbocycles. The van der Waals surface area contributed by atoms with Crippen LogP contribution in [0, 0.1) is 0 Å². The van der Waals surface area contributed by atoms with Crippen LogP contribution >= 0.6 is 15.9 Å². The summed E-state index contributed by atoms with van der Waals surface area (Å²) in [5.74, 6) is 0.438. The van der Waals surface area contributed by atoms with Gasteiger partial charge in [-0.15, -0.1) is 0 Å². The van der Waals surface area contributed by atoms with Crippen molar-refractivity contribution in [3.63, 3.8) is 0 Å². The third-order valence-electron chi connectivity index (χ3n) is 3.30. The highest BCUT2D eigenvalue weighted by atomic mass is 79.9. The van der Waals surface area contributed by atoms with Gasteiger partial charge in [-0.05, 0) is 18.2 Å². The molecule has 124 valence electrons. The maximum absolute atomic E-state index is 11.9. The van der Waals surface area contributed by atoms with Crippen LogP contribution in [0.25, 0.3) is 23.0 Å². The number of aromatic nitrogens is 6. The molecule has 0 aliphatic rings. The summed E-state index contributed by atoms with van der Waals surface area (Å²) in [6.45, 7) is -0.00305. The fourth-order valence-corrected chi connectivity index (χ4v) is 2.58. The summed E-state index contributed by atoms with van der Waals surface area (Å²) in [5, 5.41) is 7.65. The summed E-state index contributed by atoms with van der Waals surface area (Å²) >= 11 is 3.39. The fraction of sp³-hybridized carbons (Fsp3) is 0.0667. The number of halogens is 1. The second kappa shape index (κ2) is 6.40. The molecular weight excluding hydrogens is 392 g/mol. The zero-order chi connectivity index (χ0) is 17.2. The first-order chi connectivity index (χ1) is 12.2. The molecule has 0 aliphatic heterocycles. The molecule has 0 unspecified atom stereocenters. The van der Waals surface area contributed by atoms with E-state index in [-0.39, 0.29) is 24.1 Å². The van der Waals surface area contributed by atoms with Gasteiger partial charge in [-0.25, -0.2) is 19.3 Å². The van der Waals surface area contributed by atoms with Gasteiger partial charge in [-0.1, -0.05) is 38.4 Å².